The standard InChI is InChI=1S/C14H17NO2/c16-10-11-6-8-13(9-7-11)15-14(17)12-4-2-1-3-5-12/h1-2,6-9,12,16H,3-5,10H2,(H,15,17). The molecule has 3 nitrogen and oxygen atoms in total. The van der Waals surface area contributed by atoms with E-state index in [9.17, 15) is 4.79 Å². The summed E-state index contributed by atoms with van der Waals surface area (Å²) in [6.45, 7) is 0.0294. The van der Waals surface area contributed by atoms with Crippen LogP contribution in [0.3, 0.4) is 0 Å². The number of carbonyl (C=O) groups excluding carboxylic acids is 1. The van der Waals surface area contributed by atoms with Crippen molar-refractivity contribution in [1.82, 2.24) is 0 Å². The Morgan fingerprint density at radius 2 is 2.06 bits per heavy atom. The molecule has 0 heterocycles. The maximum absolute atomic E-state index is 11.9. The van der Waals surface area contributed by atoms with Crippen molar-refractivity contribution in [3.63, 3.8) is 0 Å². The number of hydrogen-bond acceptors (Lipinski definition) is 2. The van der Waals surface area contributed by atoms with Crippen LogP contribution in [0.2, 0.25) is 0 Å². The Balaban J connectivity index is 1.95. The molecular formula is C14H17NO2. The molecule has 1 atom stereocenters. The van der Waals surface area contributed by atoms with Crippen molar-refractivity contribution >= 4 is 11.6 Å². The van der Waals surface area contributed by atoms with Crippen LogP contribution in [0.1, 0.15) is 24.8 Å². The van der Waals surface area contributed by atoms with Crippen LogP contribution in [0.15, 0.2) is 36.4 Å². The normalized spacial score (nSPS) is 19.0. The first-order valence-corrected chi connectivity index (χ1v) is 5.95. The molecule has 1 amide bonds. The van der Waals surface area contributed by atoms with Gasteiger partial charge in [-0.05, 0) is 37.0 Å². The van der Waals surface area contributed by atoms with Crippen molar-refractivity contribution in [1.29, 1.82) is 0 Å². The highest BCUT2D eigenvalue weighted by Gasteiger charge is 2.18. The number of aliphatic hydroxyl groups is 1. The largest absolute Gasteiger partial charge is 0.392 e. The predicted molar refractivity (Wildman–Crippen MR) is 67.5 cm³/mol. The first kappa shape index (κ1) is 11.9. The quantitative estimate of drug-likeness (QED) is 0.785. The monoisotopic (exact) mass is 231 g/mol. The van der Waals surface area contributed by atoms with Gasteiger partial charge in [-0.15, -0.1) is 0 Å². The molecule has 0 aromatic heterocycles. The minimum atomic E-state index is 0.0294. The SMILES string of the molecule is O=C(Nc1ccc(CO)cc1)C1CC=CCC1. The van der Waals surface area contributed by atoms with Gasteiger partial charge in [0.2, 0.25) is 5.91 Å². The molecular weight excluding hydrogens is 214 g/mol. The van der Waals surface area contributed by atoms with E-state index in [1.807, 2.05) is 24.3 Å². The zero-order valence-electron chi connectivity index (χ0n) is 9.73. The first-order valence-electron chi connectivity index (χ1n) is 5.95. The zero-order chi connectivity index (χ0) is 12.1. The predicted octanol–water partition coefficient (Wildman–Crippen LogP) is 2.47. The Morgan fingerprint density at radius 3 is 2.65 bits per heavy atom. The van der Waals surface area contributed by atoms with Crippen LogP contribution in [0.25, 0.3) is 0 Å². The van der Waals surface area contributed by atoms with E-state index in [0.717, 1.165) is 30.5 Å². The molecule has 1 unspecified atom stereocenters. The number of amides is 1. The van der Waals surface area contributed by atoms with Crippen LogP contribution in [-0.4, -0.2) is 11.0 Å². The van der Waals surface area contributed by atoms with Crippen LogP contribution in [0, 0.1) is 5.92 Å². The summed E-state index contributed by atoms with van der Waals surface area (Å²) < 4.78 is 0. The average Bonchev–Trinajstić information content (AvgIpc) is 2.40. The molecule has 2 rings (SSSR count). The number of benzene rings is 1. The second-order valence-electron chi connectivity index (χ2n) is 4.33. The van der Waals surface area contributed by atoms with Crippen molar-refractivity contribution in [2.75, 3.05) is 5.32 Å². The molecule has 1 aliphatic rings. The Morgan fingerprint density at radius 1 is 1.29 bits per heavy atom. The molecule has 1 aromatic rings. The van der Waals surface area contributed by atoms with Crippen LogP contribution >= 0.6 is 0 Å². The smallest absolute Gasteiger partial charge is 0.227 e. The molecule has 1 aliphatic carbocycles. The highest BCUT2D eigenvalue weighted by molar-refractivity contribution is 5.92. The Labute approximate surface area is 101 Å². The molecule has 3 heteroatoms. The van der Waals surface area contributed by atoms with E-state index in [1.165, 1.54) is 0 Å². The molecule has 0 radical (unpaired) electrons. The Bertz CT molecular complexity index is 409. The van der Waals surface area contributed by atoms with E-state index in [-0.39, 0.29) is 18.4 Å². The Kier molecular flexibility index (Phi) is 3.94. The van der Waals surface area contributed by atoms with E-state index in [1.54, 1.807) is 0 Å². The number of aliphatic hydroxyl groups excluding tert-OH is 1. The summed E-state index contributed by atoms with van der Waals surface area (Å²) in [6.07, 6.45) is 6.95. The highest BCUT2D eigenvalue weighted by Crippen LogP contribution is 2.20. The van der Waals surface area contributed by atoms with Gasteiger partial charge >= 0.3 is 0 Å². The summed E-state index contributed by atoms with van der Waals surface area (Å²) in [5, 5.41) is 11.8. The van der Waals surface area contributed by atoms with Gasteiger partial charge in [0.05, 0.1) is 6.61 Å². The third-order valence-corrected chi connectivity index (χ3v) is 3.04. The number of nitrogens with one attached hydrogen (secondary N) is 1. The van der Waals surface area contributed by atoms with Gasteiger partial charge in [-0.1, -0.05) is 24.3 Å². The molecule has 0 fully saturated rings. The second-order valence-corrected chi connectivity index (χ2v) is 4.33. The van der Waals surface area contributed by atoms with Crippen LogP contribution in [-0.2, 0) is 11.4 Å². The van der Waals surface area contributed by atoms with Crippen molar-refractivity contribution in [2.24, 2.45) is 5.92 Å². The van der Waals surface area contributed by atoms with Gasteiger partial charge in [-0.3, -0.25) is 4.79 Å². The molecule has 90 valence electrons. The number of carbonyl (C=O) groups is 1. The first-order chi connectivity index (χ1) is 8.29. The summed E-state index contributed by atoms with van der Waals surface area (Å²) in [5.74, 6) is 0.184. The van der Waals surface area contributed by atoms with Gasteiger partial charge < -0.3 is 10.4 Å². The fourth-order valence-electron chi connectivity index (χ4n) is 1.97. The zero-order valence-corrected chi connectivity index (χ0v) is 9.73. The summed E-state index contributed by atoms with van der Waals surface area (Å²) >= 11 is 0. The van der Waals surface area contributed by atoms with Gasteiger partial charge in [0, 0.05) is 11.6 Å². The minimum absolute atomic E-state index is 0.0294. The molecule has 2 N–H and O–H groups in total. The number of hydrogen-bond donors (Lipinski definition) is 2. The highest BCUT2D eigenvalue weighted by atomic mass is 16.3. The maximum atomic E-state index is 11.9. The van der Waals surface area contributed by atoms with Crippen molar-refractivity contribution in [2.45, 2.75) is 25.9 Å². The van der Waals surface area contributed by atoms with E-state index >= 15 is 0 Å². The second kappa shape index (κ2) is 5.64. The fraction of sp³-hybridized carbons (Fsp3) is 0.357. The van der Waals surface area contributed by atoms with Gasteiger partial charge in [-0.25, -0.2) is 0 Å². The minimum Gasteiger partial charge on any atom is -0.392 e. The van der Waals surface area contributed by atoms with Gasteiger partial charge in [0.1, 0.15) is 0 Å². The van der Waals surface area contributed by atoms with Crippen molar-refractivity contribution in [3.05, 3.63) is 42.0 Å². The number of anilines is 1. The molecule has 0 aliphatic heterocycles. The van der Waals surface area contributed by atoms with E-state index in [4.69, 9.17) is 5.11 Å². The molecule has 0 spiro atoms. The van der Waals surface area contributed by atoms with Crippen LogP contribution in [0.5, 0.6) is 0 Å². The average molecular weight is 231 g/mol. The molecule has 0 saturated carbocycles. The van der Waals surface area contributed by atoms with E-state index < -0.39 is 0 Å². The Hall–Kier alpha value is -1.61. The van der Waals surface area contributed by atoms with Gasteiger partial charge in [0.15, 0.2) is 0 Å². The van der Waals surface area contributed by atoms with Crippen molar-refractivity contribution < 1.29 is 9.90 Å². The van der Waals surface area contributed by atoms with Gasteiger partial charge in [0.25, 0.3) is 0 Å². The summed E-state index contributed by atoms with van der Waals surface area (Å²) in [5.41, 5.74) is 1.64. The summed E-state index contributed by atoms with van der Waals surface area (Å²) in [7, 11) is 0. The number of rotatable bonds is 3. The maximum Gasteiger partial charge on any atom is 0.227 e. The molecule has 1 aromatic carbocycles. The number of allylic oxidation sites excluding steroid dienone is 2. The lowest BCUT2D eigenvalue weighted by Crippen LogP contribution is -2.23. The van der Waals surface area contributed by atoms with E-state index in [2.05, 4.69) is 17.5 Å². The lowest BCUT2D eigenvalue weighted by atomic mass is 9.93. The third kappa shape index (κ3) is 3.17. The lowest BCUT2D eigenvalue weighted by Gasteiger charge is -2.17. The van der Waals surface area contributed by atoms with Gasteiger partial charge in [-0.2, -0.15) is 0 Å². The molecule has 17 heavy (non-hydrogen) atoms. The fourth-order valence-corrected chi connectivity index (χ4v) is 1.97. The molecule has 0 saturated heterocycles. The van der Waals surface area contributed by atoms with Crippen LogP contribution in [0.4, 0.5) is 5.69 Å². The topological polar surface area (TPSA) is 49.3 Å². The van der Waals surface area contributed by atoms with E-state index in [0.29, 0.717) is 0 Å². The lowest BCUT2D eigenvalue weighted by molar-refractivity contribution is -0.120. The van der Waals surface area contributed by atoms with Crippen molar-refractivity contribution in [3.8, 4) is 0 Å². The summed E-state index contributed by atoms with van der Waals surface area (Å²) in [6, 6.07) is 7.27. The van der Waals surface area contributed by atoms with Crippen LogP contribution < -0.4 is 5.32 Å². The summed E-state index contributed by atoms with van der Waals surface area (Å²) in [4.78, 5) is 11.9. The molecule has 0 bridgehead atoms. The third-order valence-electron chi connectivity index (χ3n) is 3.04.